The molecule has 6 nitrogen and oxygen atoms in total. The van der Waals surface area contributed by atoms with Crippen LogP contribution in [0.5, 0.6) is 0 Å². The van der Waals surface area contributed by atoms with E-state index < -0.39 is 12.1 Å². The van der Waals surface area contributed by atoms with Crippen molar-refractivity contribution in [3.8, 4) is 10.4 Å². The van der Waals surface area contributed by atoms with Crippen LogP contribution in [-0.2, 0) is 9.59 Å². The number of thiazole rings is 1. The molecule has 1 aliphatic rings. The third-order valence-electron chi connectivity index (χ3n) is 7.08. The first-order valence-corrected chi connectivity index (χ1v) is 13.7. The van der Waals surface area contributed by atoms with E-state index in [0.29, 0.717) is 0 Å². The number of hydrogen-bond donors (Lipinski definition) is 2. The molecule has 0 radical (unpaired) electrons. The van der Waals surface area contributed by atoms with Gasteiger partial charge in [-0.15, -0.1) is 11.3 Å². The first kappa shape index (κ1) is 27.3. The minimum absolute atomic E-state index is 0.0118. The van der Waals surface area contributed by atoms with Crippen LogP contribution in [0.15, 0.2) is 29.8 Å². The van der Waals surface area contributed by atoms with E-state index in [4.69, 9.17) is 0 Å². The summed E-state index contributed by atoms with van der Waals surface area (Å²) in [4.78, 5) is 34.0. The van der Waals surface area contributed by atoms with Crippen molar-refractivity contribution in [2.75, 3.05) is 6.54 Å². The number of rotatable bonds is 9. The van der Waals surface area contributed by atoms with E-state index in [9.17, 15) is 14.7 Å². The maximum absolute atomic E-state index is 13.6. The lowest BCUT2D eigenvalue weighted by atomic mass is 9.76. The molecule has 0 bridgehead atoms. The Morgan fingerprint density at radius 3 is 2.49 bits per heavy atom. The molecule has 7 heteroatoms. The average molecular weight is 500 g/mol. The Bertz CT molecular complexity index is 996. The van der Waals surface area contributed by atoms with Gasteiger partial charge in [0.05, 0.1) is 28.2 Å². The zero-order valence-electron chi connectivity index (χ0n) is 22.0. The number of amides is 2. The number of aliphatic hydroxyl groups excluding tert-OH is 1. The normalized spacial score (nSPS) is 20.0. The summed E-state index contributed by atoms with van der Waals surface area (Å²) in [5.74, 6) is -0.386. The number of carbonyl (C=O) groups is 2. The van der Waals surface area contributed by atoms with E-state index >= 15 is 0 Å². The van der Waals surface area contributed by atoms with E-state index in [1.807, 2.05) is 31.5 Å². The van der Waals surface area contributed by atoms with Crippen molar-refractivity contribution in [3.63, 3.8) is 0 Å². The maximum Gasteiger partial charge on any atom is 0.243 e. The highest BCUT2D eigenvalue weighted by atomic mass is 32.1. The number of benzene rings is 1. The molecule has 1 aliphatic heterocycles. The fourth-order valence-corrected chi connectivity index (χ4v) is 5.74. The number of aliphatic hydroxyl groups is 1. The zero-order valence-corrected chi connectivity index (χ0v) is 22.8. The number of hydrogen-bond acceptors (Lipinski definition) is 5. The number of unbranched alkanes of at least 4 members (excludes halogenated alkanes) is 2. The van der Waals surface area contributed by atoms with Gasteiger partial charge < -0.3 is 15.3 Å². The van der Waals surface area contributed by atoms with Gasteiger partial charge in [0, 0.05) is 18.9 Å². The van der Waals surface area contributed by atoms with Crippen LogP contribution in [0.3, 0.4) is 0 Å². The van der Waals surface area contributed by atoms with Gasteiger partial charge in [-0.2, -0.15) is 0 Å². The lowest BCUT2D eigenvalue weighted by Crippen LogP contribution is -2.50. The third kappa shape index (κ3) is 6.70. The number of aryl methyl sites for hydroxylation is 1. The van der Waals surface area contributed by atoms with E-state index in [2.05, 4.69) is 50.1 Å². The largest absolute Gasteiger partial charge is 0.391 e. The summed E-state index contributed by atoms with van der Waals surface area (Å²) in [7, 11) is 0. The summed E-state index contributed by atoms with van der Waals surface area (Å²) >= 11 is 1.62. The van der Waals surface area contributed by atoms with Crippen LogP contribution in [0.25, 0.3) is 10.4 Å². The molecule has 2 heterocycles. The molecule has 0 spiro atoms. The predicted molar refractivity (Wildman–Crippen MR) is 142 cm³/mol. The van der Waals surface area contributed by atoms with Crippen molar-refractivity contribution < 1.29 is 14.7 Å². The van der Waals surface area contributed by atoms with Crippen LogP contribution in [-0.4, -0.2) is 45.5 Å². The number of likely N-dealkylation sites (tertiary alicyclic amines) is 1. The van der Waals surface area contributed by atoms with Crippen molar-refractivity contribution in [1.82, 2.24) is 15.2 Å². The van der Waals surface area contributed by atoms with Gasteiger partial charge in [0.15, 0.2) is 0 Å². The Morgan fingerprint density at radius 2 is 1.91 bits per heavy atom. The van der Waals surface area contributed by atoms with Gasteiger partial charge in [-0.3, -0.25) is 9.59 Å². The SMILES string of the molecule is CCCCCC(C(=O)N1C[C@H](O)C[C@H]1C(=O)N[C@@H](C)c1ccc(-c2scnc2C)cc1)C(C)(C)C. The highest BCUT2D eigenvalue weighted by molar-refractivity contribution is 7.13. The number of carbonyl (C=O) groups excluding carboxylic acids is 2. The number of nitrogens with zero attached hydrogens (tertiary/aromatic N) is 2. The monoisotopic (exact) mass is 499 g/mol. The van der Waals surface area contributed by atoms with Crippen LogP contribution in [0.4, 0.5) is 0 Å². The smallest absolute Gasteiger partial charge is 0.243 e. The van der Waals surface area contributed by atoms with Gasteiger partial charge in [0.25, 0.3) is 0 Å². The van der Waals surface area contributed by atoms with E-state index in [0.717, 1.165) is 47.4 Å². The molecule has 1 saturated heterocycles. The second kappa shape index (κ2) is 11.7. The van der Waals surface area contributed by atoms with Crippen molar-refractivity contribution in [1.29, 1.82) is 0 Å². The Kier molecular flexibility index (Phi) is 9.11. The first-order valence-electron chi connectivity index (χ1n) is 12.8. The maximum atomic E-state index is 13.6. The van der Waals surface area contributed by atoms with E-state index in [1.54, 1.807) is 16.2 Å². The number of β-amino-alcohol motifs (C(OH)–C–C–N with tert-alkyl or cyclic N) is 1. The van der Waals surface area contributed by atoms with E-state index in [1.165, 1.54) is 0 Å². The highest BCUT2D eigenvalue weighted by Gasteiger charge is 2.43. The fraction of sp³-hybridized carbons (Fsp3) is 0.607. The van der Waals surface area contributed by atoms with Gasteiger partial charge in [0.2, 0.25) is 11.8 Å². The van der Waals surface area contributed by atoms with Crippen molar-refractivity contribution in [3.05, 3.63) is 41.0 Å². The lowest BCUT2D eigenvalue weighted by molar-refractivity contribution is -0.145. The molecule has 0 aliphatic carbocycles. The minimum Gasteiger partial charge on any atom is -0.391 e. The zero-order chi connectivity index (χ0) is 25.8. The highest BCUT2D eigenvalue weighted by Crippen LogP contribution is 2.35. The summed E-state index contributed by atoms with van der Waals surface area (Å²) in [6, 6.07) is 7.30. The molecule has 2 amide bonds. The van der Waals surface area contributed by atoms with Crippen molar-refractivity contribution >= 4 is 23.2 Å². The summed E-state index contributed by atoms with van der Waals surface area (Å²) < 4.78 is 0. The molecule has 2 N–H and O–H groups in total. The quantitative estimate of drug-likeness (QED) is 0.446. The van der Waals surface area contributed by atoms with Crippen LogP contribution in [0.1, 0.15) is 84.0 Å². The molecular formula is C28H41N3O3S. The van der Waals surface area contributed by atoms with Crippen LogP contribution in [0.2, 0.25) is 0 Å². The Morgan fingerprint density at radius 1 is 1.23 bits per heavy atom. The van der Waals surface area contributed by atoms with Crippen LogP contribution >= 0.6 is 11.3 Å². The van der Waals surface area contributed by atoms with Gasteiger partial charge in [0.1, 0.15) is 6.04 Å². The fourth-order valence-electron chi connectivity index (χ4n) is 4.93. The molecule has 35 heavy (non-hydrogen) atoms. The van der Waals surface area contributed by atoms with Crippen LogP contribution < -0.4 is 5.32 Å². The summed E-state index contributed by atoms with van der Waals surface area (Å²) in [6.07, 6.45) is 3.58. The minimum atomic E-state index is -0.678. The second-order valence-electron chi connectivity index (χ2n) is 10.9. The molecule has 2 aromatic rings. The number of nitrogens with one attached hydrogen (secondary N) is 1. The molecule has 1 fully saturated rings. The van der Waals surface area contributed by atoms with Crippen molar-refractivity contribution in [2.45, 2.75) is 91.8 Å². The van der Waals surface area contributed by atoms with Gasteiger partial charge in [-0.25, -0.2) is 4.98 Å². The third-order valence-corrected chi connectivity index (χ3v) is 8.06. The molecule has 1 unspecified atom stereocenters. The van der Waals surface area contributed by atoms with Crippen molar-refractivity contribution in [2.24, 2.45) is 11.3 Å². The van der Waals surface area contributed by atoms with Gasteiger partial charge >= 0.3 is 0 Å². The van der Waals surface area contributed by atoms with Gasteiger partial charge in [-0.05, 0) is 36.8 Å². The average Bonchev–Trinajstić information content (AvgIpc) is 3.41. The summed E-state index contributed by atoms with van der Waals surface area (Å²) in [6.45, 7) is 12.6. The Hall–Kier alpha value is -2.25. The van der Waals surface area contributed by atoms with Gasteiger partial charge in [-0.1, -0.05) is 71.2 Å². The van der Waals surface area contributed by atoms with E-state index in [-0.39, 0.29) is 42.2 Å². The lowest BCUT2D eigenvalue weighted by Gasteiger charge is -2.35. The predicted octanol–water partition coefficient (Wildman–Crippen LogP) is 5.50. The molecule has 192 valence electrons. The number of aromatic nitrogens is 1. The van der Waals surface area contributed by atoms with Crippen LogP contribution in [0, 0.1) is 18.3 Å². The molecule has 3 rings (SSSR count). The second-order valence-corrected chi connectivity index (χ2v) is 11.8. The topological polar surface area (TPSA) is 82.5 Å². The Labute approximate surface area is 214 Å². The standard InChI is InChI=1S/C28H41N3O3S/c1-7-8-9-10-23(28(4,5)6)27(34)31-16-22(32)15-24(31)26(33)30-18(2)20-11-13-21(14-12-20)25-19(3)29-17-35-25/h11-14,17-18,22-24,32H,7-10,15-16H2,1-6H3,(H,30,33)/t18-,22+,23?,24-/m0/s1. The Balaban J connectivity index is 1.70. The summed E-state index contributed by atoms with van der Waals surface area (Å²) in [5.41, 5.74) is 4.76. The molecule has 4 atom stereocenters. The molecule has 0 saturated carbocycles. The summed E-state index contributed by atoms with van der Waals surface area (Å²) in [5, 5.41) is 13.5. The first-order chi connectivity index (χ1) is 16.5. The molecular weight excluding hydrogens is 458 g/mol. The molecule has 1 aromatic carbocycles. The molecule has 1 aromatic heterocycles.